The van der Waals surface area contributed by atoms with E-state index in [1.165, 1.54) is 7.05 Å². The van der Waals surface area contributed by atoms with Crippen molar-refractivity contribution in [3.8, 4) is 17.0 Å². The molecule has 0 radical (unpaired) electrons. The molecule has 0 atom stereocenters. The maximum atomic E-state index is 13.9. The lowest BCUT2D eigenvalue weighted by molar-refractivity contribution is -0.274. The first-order valence-corrected chi connectivity index (χ1v) is 11.0. The van der Waals surface area contributed by atoms with Crippen LogP contribution in [0.15, 0.2) is 59.1 Å². The van der Waals surface area contributed by atoms with Gasteiger partial charge in [-0.25, -0.2) is 9.50 Å². The molecule has 0 saturated heterocycles. The van der Waals surface area contributed by atoms with Gasteiger partial charge in [0.25, 0.3) is 5.91 Å². The number of alkyl halides is 6. The first-order chi connectivity index (χ1) is 16.7. The van der Waals surface area contributed by atoms with E-state index < -0.39 is 46.3 Å². The molecule has 36 heavy (non-hydrogen) atoms. The second-order valence-electron chi connectivity index (χ2n) is 7.34. The fourth-order valence-corrected chi connectivity index (χ4v) is 3.75. The van der Waals surface area contributed by atoms with Crippen molar-refractivity contribution in [1.82, 2.24) is 14.6 Å². The van der Waals surface area contributed by atoms with Crippen LogP contribution in [0.2, 0.25) is 5.02 Å². The number of aromatic nitrogens is 3. The zero-order chi connectivity index (χ0) is 26.4. The minimum absolute atomic E-state index is 0.0447. The summed E-state index contributed by atoms with van der Waals surface area (Å²) in [6.45, 7) is 0. The summed E-state index contributed by atoms with van der Waals surface area (Å²) in [4.78, 5) is 18.2. The smallest absolute Gasteiger partial charge is 0.406 e. The topological polar surface area (TPSA) is 59.7 Å². The first-order valence-electron chi connectivity index (χ1n) is 9.81. The molecule has 0 aliphatic carbocycles. The third kappa shape index (κ3) is 5.26. The summed E-state index contributed by atoms with van der Waals surface area (Å²) in [5, 5.41) is 3.35. The van der Waals surface area contributed by atoms with Crippen LogP contribution in [0, 0.1) is 0 Å². The SMILES string of the molecule is CN(C(=O)c1nn2c(C(F)(F)F)cc(-c3ccc(Br)cc3)nc2c1Cl)c1ccc(OC(F)(F)F)cc1. The molecule has 0 N–H and O–H groups in total. The second kappa shape index (κ2) is 9.28. The molecule has 0 fully saturated rings. The van der Waals surface area contributed by atoms with Gasteiger partial charge in [-0.05, 0) is 42.5 Å². The Bertz CT molecular complexity index is 1440. The van der Waals surface area contributed by atoms with Crippen molar-refractivity contribution in [2.75, 3.05) is 11.9 Å². The van der Waals surface area contributed by atoms with Crippen LogP contribution in [0.5, 0.6) is 5.75 Å². The average Bonchev–Trinajstić information content (AvgIpc) is 3.13. The van der Waals surface area contributed by atoms with Crippen molar-refractivity contribution in [3.63, 3.8) is 0 Å². The monoisotopic (exact) mass is 592 g/mol. The summed E-state index contributed by atoms with van der Waals surface area (Å²) in [6, 6.07) is 11.4. The Morgan fingerprint density at radius 2 is 1.64 bits per heavy atom. The summed E-state index contributed by atoms with van der Waals surface area (Å²) >= 11 is 9.52. The van der Waals surface area contributed by atoms with Gasteiger partial charge < -0.3 is 9.64 Å². The lowest BCUT2D eigenvalue weighted by Crippen LogP contribution is -2.27. The molecule has 4 aromatic rings. The molecule has 6 nitrogen and oxygen atoms in total. The Morgan fingerprint density at radius 3 is 2.19 bits per heavy atom. The lowest BCUT2D eigenvalue weighted by Gasteiger charge is -2.17. The van der Waals surface area contributed by atoms with Gasteiger partial charge in [-0.2, -0.15) is 18.3 Å². The predicted octanol–water partition coefficient (Wildman–Crippen LogP) is 7.01. The summed E-state index contributed by atoms with van der Waals surface area (Å²) < 4.78 is 83.6. The van der Waals surface area contributed by atoms with Gasteiger partial charge in [0.15, 0.2) is 17.0 Å². The number of halogens is 8. The highest BCUT2D eigenvalue weighted by atomic mass is 79.9. The van der Waals surface area contributed by atoms with Gasteiger partial charge >= 0.3 is 12.5 Å². The molecule has 14 heteroatoms. The Labute approximate surface area is 212 Å². The number of hydrogen-bond acceptors (Lipinski definition) is 4. The van der Waals surface area contributed by atoms with E-state index in [2.05, 4.69) is 30.7 Å². The molecule has 0 bridgehead atoms. The third-order valence-electron chi connectivity index (χ3n) is 4.93. The lowest BCUT2D eigenvalue weighted by atomic mass is 10.1. The Balaban J connectivity index is 1.75. The van der Waals surface area contributed by atoms with Crippen molar-refractivity contribution < 1.29 is 35.9 Å². The van der Waals surface area contributed by atoms with Crippen molar-refractivity contribution >= 4 is 44.8 Å². The van der Waals surface area contributed by atoms with E-state index in [1.807, 2.05) is 0 Å². The van der Waals surface area contributed by atoms with Crippen LogP contribution in [-0.4, -0.2) is 33.9 Å². The van der Waals surface area contributed by atoms with Gasteiger partial charge in [-0.1, -0.05) is 39.7 Å². The number of anilines is 1. The number of ether oxygens (including phenoxy) is 1. The number of carbonyl (C=O) groups is 1. The number of carbonyl (C=O) groups excluding carboxylic acids is 1. The average molecular weight is 594 g/mol. The molecule has 1 amide bonds. The molecule has 0 aliphatic heterocycles. The van der Waals surface area contributed by atoms with E-state index in [0.717, 1.165) is 35.2 Å². The summed E-state index contributed by atoms with van der Waals surface area (Å²) in [5.74, 6) is -1.43. The molecule has 2 aromatic heterocycles. The molecule has 0 saturated carbocycles. The Hall–Kier alpha value is -3.32. The summed E-state index contributed by atoms with van der Waals surface area (Å²) in [7, 11) is 1.26. The van der Waals surface area contributed by atoms with Gasteiger partial charge in [-0.3, -0.25) is 4.79 Å². The van der Waals surface area contributed by atoms with Gasteiger partial charge in [0.1, 0.15) is 10.8 Å². The number of fused-ring (bicyclic) bond motifs is 1. The Morgan fingerprint density at radius 1 is 1.03 bits per heavy atom. The Kier molecular flexibility index (Phi) is 6.64. The second-order valence-corrected chi connectivity index (χ2v) is 8.63. The van der Waals surface area contributed by atoms with Crippen molar-refractivity contribution in [2.24, 2.45) is 0 Å². The largest absolute Gasteiger partial charge is 0.573 e. The molecular weight excluding hydrogens is 582 g/mol. The number of benzene rings is 2. The maximum Gasteiger partial charge on any atom is 0.573 e. The van der Waals surface area contributed by atoms with Crippen LogP contribution in [0.3, 0.4) is 0 Å². The molecule has 0 aliphatic rings. The minimum Gasteiger partial charge on any atom is -0.406 e. The third-order valence-corrected chi connectivity index (χ3v) is 5.80. The summed E-state index contributed by atoms with van der Waals surface area (Å²) in [6.07, 6.45) is -9.76. The number of nitrogens with zero attached hydrogens (tertiary/aromatic N) is 4. The van der Waals surface area contributed by atoms with E-state index in [1.54, 1.807) is 24.3 Å². The highest BCUT2D eigenvalue weighted by molar-refractivity contribution is 9.10. The van der Waals surface area contributed by atoms with Crippen LogP contribution >= 0.6 is 27.5 Å². The standard InChI is InChI=1S/C22H12BrClF6N4O2/c1-33(13-6-8-14(9-7-13)36-22(28,29)30)20(35)18-17(24)19-31-15(11-2-4-12(23)5-3-11)10-16(21(25,26)27)34(19)32-18/h2-10H,1H3. The summed E-state index contributed by atoms with van der Waals surface area (Å²) in [5.41, 5.74) is -1.69. The van der Waals surface area contributed by atoms with Crippen LogP contribution < -0.4 is 9.64 Å². The number of rotatable bonds is 4. The zero-order valence-electron chi connectivity index (χ0n) is 17.8. The van der Waals surface area contributed by atoms with E-state index >= 15 is 0 Å². The van der Waals surface area contributed by atoms with Crippen molar-refractivity contribution in [1.29, 1.82) is 0 Å². The minimum atomic E-state index is -4.90. The number of hydrogen-bond donors (Lipinski definition) is 0. The van der Waals surface area contributed by atoms with E-state index in [0.29, 0.717) is 14.6 Å². The van der Waals surface area contributed by atoms with E-state index in [4.69, 9.17) is 11.6 Å². The predicted molar refractivity (Wildman–Crippen MR) is 122 cm³/mol. The van der Waals surface area contributed by atoms with Gasteiger partial charge in [0.2, 0.25) is 0 Å². The van der Waals surface area contributed by atoms with E-state index in [-0.39, 0.29) is 11.4 Å². The van der Waals surface area contributed by atoms with Crippen molar-refractivity contribution in [3.05, 3.63) is 75.5 Å². The van der Waals surface area contributed by atoms with Crippen LogP contribution in [0.1, 0.15) is 16.2 Å². The van der Waals surface area contributed by atoms with Crippen molar-refractivity contribution in [2.45, 2.75) is 12.5 Å². The molecule has 2 aromatic carbocycles. The number of amides is 1. The molecule has 0 unspecified atom stereocenters. The van der Waals surface area contributed by atoms with Gasteiger partial charge in [0.05, 0.1) is 5.69 Å². The van der Waals surface area contributed by atoms with Gasteiger partial charge in [-0.15, -0.1) is 13.2 Å². The van der Waals surface area contributed by atoms with Crippen LogP contribution in [0.25, 0.3) is 16.9 Å². The quantitative estimate of drug-likeness (QED) is 0.239. The first kappa shape index (κ1) is 25.8. The maximum absolute atomic E-state index is 13.9. The molecule has 4 rings (SSSR count). The molecule has 188 valence electrons. The van der Waals surface area contributed by atoms with Crippen LogP contribution in [0.4, 0.5) is 32.0 Å². The highest BCUT2D eigenvalue weighted by Crippen LogP contribution is 2.35. The molecule has 0 spiro atoms. The van der Waals surface area contributed by atoms with E-state index in [9.17, 15) is 31.1 Å². The zero-order valence-corrected chi connectivity index (χ0v) is 20.2. The molecule has 2 heterocycles. The van der Waals surface area contributed by atoms with Crippen LogP contribution in [-0.2, 0) is 6.18 Å². The van der Waals surface area contributed by atoms with Gasteiger partial charge in [0, 0.05) is 22.8 Å². The highest BCUT2D eigenvalue weighted by Gasteiger charge is 2.37. The fourth-order valence-electron chi connectivity index (χ4n) is 3.25. The normalized spacial score (nSPS) is 12.1. The fraction of sp³-hybridized carbons (Fsp3) is 0.136. The molecular formula is C22H12BrClF6N4O2.